The van der Waals surface area contributed by atoms with Crippen LogP contribution in [0.1, 0.15) is 44.7 Å². The van der Waals surface area contributed by atoms with E-state index in [0.29, 0.717) is 41.7 Å². The Kier molecular flexibility index (Phi) is 5.73. The summed E-state index contributed by atoms with van der Waals surface area (Å²) in [6.07, 6.45) is 3.24. The molecule has 1 aromatic heterocycles. The number of nitrogens with zero attached hydrogens (tertiary/aromatic N) is 3. The number of carbonyl (C=O) groups excluding carboxylic acids is 1. The second-order valence-corrected chi connectivity index (χ2v) is 8.13. The number of aromatic nitrogens is 3. The largest absolute Gasteiger partial charge is 0.505 e. The molecule has 0 bridgehead atoms. The average molecular weight is 393 g/mol. The molecule has 1 heterocycles. The molecule has 0 unspecified atom stereocenters. The number of aromatic hydroxyl groups is 1. The van der Waals surface area contributed by atoms with Gasteiger partial charge in [-0.3, -0.25) is 4.79 Å². The van der Waals surface area contributed by atoms with Crippen molar-refractivity contribution in [1.82, 2.24) is 15.0 Å². The molecular weight excluding hydrogens is 366 g/mol. The first-order valence-electron chi connectivity index (χ1n) is 9.66. The molecule has 0 fully saturated rings. The van der Waals surface area contributed by atoms with E-state index in [2.05, 4.69) is 37.5 Å². The van der Waals surface area contributed by atoms with E-state index < -0.39 is 0 Å². The van der Waals surface area contributed by atoms with Crippen molar-refractivity contribution < 1.29 is 14.6 Å². The van der Waals surface area contributed by atoms with Crippen molar-refractivity contribution in [1.29, 1.82) is 0 Å². The van der Waals surface area contributed by atoms with Crippen LogP contribution in [0.4, 0.5) is 0 Å². The Morgan fingerprint density at radius 2 is 1.93 bits per heavy atom. The molecule has 0 radical (unpaired) electrons. The summed E-state index contributed by atoms with van der Waals surface area (Å²) in [4.78, 5) is 13.0. The normalized spacial score (nSPS) is 11.6. The molecule has 0 atom stereocenters. The van der Waals surface area contributed by atoms with E-state index in [0.717, 1.165) is 11.1 Å². The monoisotopic (exact) mass is 393 g/mol. The van der Waals surface area contributed by atoms with Gasteiger partial charge in [0.05, 0.1) is 7.11 Å². The average Bonchev–Trinajstić information content (AvgIpc) is 3.10. The molecule has 6 heteroatoms. The van der Waals surface area contributed by atoms with Crippen LogP contribution in [-0.4, -0.2) is 33.0 Å². The molecule has 0 aliphatic rings. The Morgan fingerprint density at radius 3 is 2.59 bits per heavy atom. The third-order valence-electron chi connectivity index (χ3n) is 4.88. The Hall–Kier alpha value is -3.15. The number of methoxy groups -OCH3 is 1. The van der Waals surface area contributed by atoms with E-state index in [-0.39, 0.29) is 16.9 Å². The highest BCUT2D eigenvalue weighted by Gasteiger charge is 2.23. The molecule has 1 N–H and O–H groups in total. The second-order valence-electron chi connectivity index (χ2n) is 8.13. The fourth-order valence-corrected chi connectivity index (χ4v) is 3.24. The molecule has 2 aromatic carbocycles. The smallest absolute Gasteiger partial charge is 0.155 e. The number of hydrogen-bond acceptors (Lipinski definition) is 5. The van der Waals surface area contributed by atoms with E-state index in [9.17, 15) is 9.90 Å². The number of phenolic OH excluding ortho intramolecular Hbond substituents is 1. The Bertz CT molecular complexity index is 1060. The molecule has 0 amide bonds. The minimum absolute atomic E-state index is 0.0361. The number of aryl methyl sites for hydroxylation is 1. The molecule has 3 rings (SSSR count). The van der Waals surface area contributed by atoms with Gasteiger partial charge >= 0.3 is 0 Å². The predicted octanol–water partition coefficient (Wildman–Crippen LogP) is 4.51. The molecule has 0 saturated carbocycles. The molecule has 3 aromatic rings. The van der Waals surface area contributed by atoms with Crippen LogP contribution in [0, 0.1) is 0 Å². The Morgan fingerprint density at radius 1 is 1.21 bits per heavy atom. The van der Waals surface area contributed by atoms with Crippen molar-refractivity contribution in [2.45, 2.75) is 45.4 Å². The highest BCUT2D eigenvalue weighted by molar-refractivity contribution is 5.88. The number of fused-ring (bicyclic) bond motifs is 1. The van der Waals surface area contributed by atoms with Crippen LogP contribution in [0.2, 0.25) is 0 Å². The van der Waals surface area contributed by atoms with Gasteiger partial charge in [0.15, 0.2) is 5.78 Å². The molecular formula is C23H27N3O3. The van der Waals surface area contributed by atoms with Crippen molar-refractivity contribution in [3.05, 3.63) is 54.1 Å². The lowest BCUT2D eigenvalue weighted by atomic mass is 9.84. The third kappa shape index (κ3) is 4.47. The highest BCUT2D eigenvalue weighted by atomic mass is 16.5. The first-order chi connectivity index (χ1) is 13.7. The number of carbonyl (C=O) groups is 1. The zero-order valence-corrected chi connectivity index (χ0v) is 17.4. The van der Waals surface area contributed by atoms with Crippen LogP contribution < -0.4 is 4.74 Å². The number of benzene rings is 2. The van der Waals surface area contributed by atoms with Gasteiger partial charge in [-0.25, -0.2) is 0 Å². The van der Waals surface area contributed by atoms with Crippen LogP contribution in [0.25, 0.3) is 16.7 Å². The summed E-state index contributed by atoms with van der Waals surface area (Å²) in [5, 5.41) is 20.1. The molecule has 0 spiro atoms. The number of rotatable bonds is 7. The minimum Gasteiger partial charge on any atom is -0.505 e. The Balaban J connectivity index is 2.05. The molecule has 0 aliphatic carbocycles. The fourth-order valence-electron chi connectivity index (χ4n) is 3.24. The van der Waals surface area contributed by atoms with Crippen LogP contribution >= 0.6 is 0 Å². The zero-order valence-electron chi connectivity index (χ0n) is 17.4. The number of ether oxygens (including phenoxy) is 1. The summed E-state index contributed by atoms with van der Waals surface area (Å²) in [7, 11) is 1.60. The number of phenols is 1. The van der Waals surface area contributed by atoms with Gasteiger partial charge in [-0.2, -0.15) is 0 Å². The Labute approximate surface area is 170 Å². The molecule has 0 aliphatic heterocycles. The van der Waals surface area contributed by atoms with Gasteiger partial charge in [-0.05, 0) is 48.1 Å². The summed E-state index contributed by atoms with van der Waals surface area (Å²) in [5.41, 5.74) is 3.50. The molecule has 29 heavy (non-hydrogen) atoms. The SMILES string of the molecule is C=CC(=O)CCCc1cc(-n2nc3ccc(OC)cc3n2)c(O)c(C(C)(C)C)c1. The van der Waals surface area contributed by atoms with E-state index in [1.165, 1.54) is 10.9 Å². The van der Waals surface area contributed by atoms with Gasteiger partial charge in [0.2, 0.25) is 0 Å². The second kappa shape index (κ2) is 8.07. The molecule has 6 nitrogen and oxygen atoms in total. The van der Waals surface area contributed by atoms with Crippen molar-refractivity contribution in [2.75, 3.05) is 7.11 Å². The van der Waals surface area contributed by atoms with Gasteiger partial charge in [-0.1, -0.05) is 33.4 Å². The van der Waals surface area contributed by atoms with Gasteiger partial charge in [0.1, 0.15) is 28.2 Å². The van der Waals surface area contributed by atoms with Crippen molar-refractivity contribution in [2.24, 2.45) is 0 Å². The number of allylic oxidation sites excluding steroid dienone is 1. The topological polar surface area (TPSA) is 77.2 Å². The standard InChI is InChI=1S/C23H27N3O3/c1-6-16(27)9-7-8-15-12-18(23(2,3)4)22(28)21(13-15)26-24-19-11-10-17(29-5)14-20(19)25-26/h6,10-14,28H,1,7-9H2,2-5H3. The molecule has 152 valence electrons. The third-order valence-corrected chi connectivity index (χ3v) is 4.88. The lowest BCUT2D eigenvalue weighted by Gasteiger charge is -2.23. The maximum absolute atomic E-state index is 11.5. The van der Waals surface area contributed by atoms with Gasteiger partial charge < -0.3 is 9.84 Å². The highest BCUT2D eigenvalue weighted by Crippen LogP contribution is 2.36. The summed E-state index contributed by atoms with van der Waals surface area (Å²) in [6, 6.07) is 9.37. The van der Waals surface area contributed by atoms with Crippen LogP contribution in [0.15, 0.2) is 43.0 Å². The first kappa shape index (κ1) is 20.6. The molecule has 0 saturated heterocycles. The quantitative estimate of drug-likeness (QED) is 0.598. The van der Waals surface area contributed by atoms with E-state index >= 15 is 0 Å². The van der Waals surface area contributed by atoms with E-state index in [1.54, 1.807) is 7.11 Å². The van der Waals surface area contributed by atoms with Gasteiger partial charge in [0.25, 0.3) is 0 Å². The van der Waals surface area contributed by atoms with Crippen LogP contribution in [0.3, 0.4) is 0 Å². The van der Waals surface area contributed by atoms with Gasteiger partial charge in [0, 0.05) is 18.1 Å². The van der Waals surface area contributed by atoms with Crippen molar-refractivity contribution in [3.8, 4) is 17.2 Å². The zero-order chi connectivity index (χ0) is 21.2. The van der Waals surface area contributed by atoms with E-state index in [1.807, 2.05) is 30.3 Å². The van der Waals surface area contributed by atoms with Crippen LogP contribution in [-0.2, 0) is 16.6 Å². The lowest BCUT2D eigenvalue weighted by Crippen LogP contribution is -2.14. The summed E-state index contributed by atoms with van der Waals surface area (Å²) < 4.78 is 5.26. The van der Waals surface area contributed by atoms with Crippen molar-refractivity contribution in [3.63, 3.8) is 0 Å². The first-order valence-corrected chi connectivity index (χ1v) is 9.66. The number of hydrogen-bond donors (Lipinski definition) is 1. The van der Waals surface area contributed by atoms with Gasteiger partial charge in [-0.15, -0.1) is 15.0 Å². The fraction of sp³-hybridized carbons (Fsp3) is 0.348. The minimum atomic E-state index is -0.262. The lowest BCUT2D eigenvalue weighted by molar-refractivity contribution is -0.114. The van der Waals surface area contributed by atoms with E-state index in [4.69, 9.17) is 4.74 Å². The maximum Gasteiger partial charge on any atom is 0.155 e. The predicted molar refractivity (Wildman–Crippen MR) is 114 cm³/mol. The maximum atomic E-state index is 11.5. The summed E-state index contributed by atoms with van der Waals surface area (Å²) >= 11 is 0. The van der Waals surface area contributed by atoms with Crippen molar-refractivity contribution >= 4 is 16.8 Å². The summed E-state index contributed by atoms with van der Waals surface area (Å²) in [5.74, 6) is 0.898. The van der Waals surface area contributed by atoms with Crippen LogP contribution in [0.5, 0.6) is 11.5 Å². The number of ketones is 1. The summed E-state index contributed by atoms with van der Waals surface area (Å²) in [6.45, 7) is 9.67.